The predicted molar refractivity (Wildman–Crippen MR) is 323 cm³/mol. The van der Waals surface area contributed by atoms with E-state index in [0.717, 1.165) is 54.2 Å². The van der Waals surface area contributed by atoms with E-state index < -0.39 is 41.2 Å². The monoisotopic (exact) mass is 1210 g/mol. The average Bonchev–Trinajstić information content (AvgIpc) is 4.31. The summed E-state index contributed by atoms with van der Waals surface area (Å²) >= 11 is 27.8. The Labute approximate surface area is 512 Å². The van der Waals surface area contributed by atoms with Gasteiger partial charge in [0.05, 0.1) is 61.5 Å². The van der Waals surface area contributed by atoms with E-state index >= 15 is 0 Å². The van der Waals surface area contributed by atoms with Gasteiger partial charge in [0.2, 0.25) is 0 Å². The molecule has 4 heterocycles. The van der Waals surface area contributed by atoms with Gasteiger partial charge >= 0.3 is 43.0 Å². The molecule has 0 amide bonds. The van der Waals surface area contributed by atoms with Crippen LogP contribution in [0.1, 0.15) is 102 Å². The largest absolute Gasteiger partial charge is 1.00 e. The molecule has 4 N–H and O–H groups in total. The van der Waals surface area contributed by atoms with Crippen LogP contribution in [-0.2, 0) is 36.6 Å². The van der Waals surface area contributed by atoms with E-state index in [-0.39, 0.29) is 55.1 Å². The molecule has 426 valence electrons. The van der Waals surface area contributed by atoms with Crippen molar-refractivity contribution in [3.63, 3.8) is 0 Å². The number of rotatable bonds is 16. The van der Waals surface area contributed by atoms with Crippen molar-refractivity contribution in [2.24, 2.45) is 11.8 Å². The number of carboxylic acid groups (broad SMARTS) is 1. The minimum atomic E-state index is -0.944. The molecule has 2 atom stereocenters. The van der Waals surface area contributed by atoms with Crippen molar-refractivity contribution in [1.82, 2.24) is 19.1 Å². The summed E-state index contributed by atoms with van der Waals surface area (Å²) < 4.78 is 19.3. The third-order valence-corrected chi connectivity index (χ3v) is 16.4. The molecule has 8 aromatic rings. The molecule has 0 saturated heterocycles. The van der Waals surface area contributed by atoms with Gasteiger partial charge in [-0.15, -0.1) is 22.7 Å². The van der Waals surface area contributed by atoms with E-state index in [1.165, 1.54) is 38.9 Å². The predicted octanol–water partition coefficient (Wildman–Crippen LogP) is 13.6. The second kappa shape index (κ2) is 28.1. The maximum atomic E-state index is 12.9. The van der Waals surface area contributed by atoms with Gasteiger partial charge in [0.1, 0.15) is 11.2 Å². The minimum absolute atomic E-state index is 0. The SMILES string of the molecule is CC(C)c1sc(NCC(Cc2cccc3ccn(C(=O)OC(C)(C)C)c23)C(=O)O)nc1-c1ccc(Cl)c(Cl)c1.COC(=O)C(CNc1nc(-c2ccc(Cl)c(Cl)c2)c(C(C)C)s1)Cc1cccc2ccn(C(=O)OC(C)(C)C)c12.[Li+].[OH-]. The average molecular weight is 1220 g/mol. The number of ether oxygens (including phenoxy) is 3. The molecule has 4 aromatic heterocycles. The Morgan fingerprint density at radius 1 is 0.605 bits per heavy atom. The molecule has 0 radical (unpaired) electrons. The third kappa shape index (κ3) is 16.8. The smallest absolute Gasteiger partial charge is 0.870 e. The van der Waals surface area contributed by atoms with Crippen LogP contribution in [0, 0.1) is 11.8 Å². The fourth-order valence-electron chi connectivity index (χ4n) is 8.70. The number of aromatic nitrogens is 4. The molecule has 4 aromatic carbocycles. The second-order valence-corrected chi connectivity index (χ2v) is 25.2. The van der Waals surface area contributed by atoms with E-state index in [1.807, 2.05) is 87.5 Å². The number of fused-ring (bicyclic) bond motifs is 2. The molecule has 81 heavy (non-hydrogen) atoms. The van der Waals surface area contributed by atoms with Crippen molar-refractivity contribution in [3.05, 3.63) is 138 Å². The number of nitrogens with zero attached hydrogens (tertiary/aromatic N) is 4. The van der Waals surface area contributed by atoms with Crippen molar-refractivity contribution in [2.45, 2.75) is 105 Å². The molecule has 0 aliphatic carbocycles. The number of esters is 1. The van der Waals surface area contributed by atoms with Crippen LogP contribution in [0.3, 0.4) is 0 Å². The number of hydrogen-bond acceptors (Lipinski definition) is 14. The van der Waals surface area contributed by atoms with Gasteiger partial charge in [-0.2, -0.15) is 0 Å². The summed E-state index contributed by atoms with van der Waals surface area (Å²) in [6.45, 7) is 19.7. The van der Waals surface area contributed by atoms with E-state index in [0.29, 0.717) is 54.4 Å². The number of halogens is 4. The summed E-state index contributed by atoms with van der Waals surface area (Å²) in [5.41, 5.74) is 5.00. The number of aliphatic carboxylic acids is 1. The van der Waals surface area contributed by atoms with Crippen LogP contribution < -0.4 is 29.5 Å². The number of hydrogen-bond donors (Lipinski definition) is 3. The summed E-state index contributed by atoms with van der Waals surface area (Å²) in [6, 6.07) is 25.9. The topological polar surface area (TPSA) is 206 Å². The maximum Gasteiger partial charge on any atom is 1.00 e. The number of carbonyl (C=O) groups is 4. The van der Waals surface area contributed by atoms with Crippen molar-refractivity contribution in [1.29, 1.82) is 0 Å². The summed E-state index contributed by atoms with van der Waals surface area (Å²) in [5.74, 6) is -2.16. The van der Waals surface area contributed by atoms with Crippen LogP contribution in [0.4, 0.5) is 19.9 Å². The van der Waals surface area contributed by atoms with Gasteiger partial charge in [-0.1, -0.05) is 123 Å². The number of carboxylic acids is 1. The van der Waals surface area contributed by atoms with E-state index in [1.54, 1.807) is 51.4 Å². The van der Waals surface area contributed by atoms with E-state index in [9.17, 15) is 24.3 Å². The van der Waals surface area contributed by atoms with Crippen LogP contribution in [0.5, 0.6) is 0 Å². The summed E-state index contributed by atoms with van der Waals surface area (Å²) in [5, 5.41) is 21.6. The van der Waals surface area contributed by atoms with Gasteiger partial charge in [-0.3, -0.25) is 18.7 Å². The molecule has 0 aliphatic rings. The molecule has 0 spiro atoms. The number of thiazole rings is 2. The first-order valence-electron chi connectivity index (χ1n) is 25.6. The minimum Gasteiger partial charge on any atom is -0.870 e. The van der Waals surface area contributed by atoms with Crippen molar-refractivity contribution in [2.75, 3.05) is 30.8 Å². The molecular weight excluding hydrogens is 1150 g/mol. The Hall–Kier alpha value is -5.58. The summed E-state index contributed by atoms with van der Waals surface area (Å²) in [7, 11) is 1.38. The van der Waals surface area contributed by atoms with Crippen LogP contribution >= 0.6 is 69.1 Å². The summed E-state index contributed by atoms with van der Waals surface area (Å²) in [6.07, 6.45) is 2.95. The Morgan fingerprint density at radius 2 is 1.00 bits per heavy atom. The molecule has 0 aliphatic heterocycles. The quantitative estimate of drug-likeness (QED) is 0.0468. The van der Waals surface area contributed by atoms with Crippen molar-refractivity contribution < 1.29 is 62.8 Å². The normalized spacial score (nSPS) is 12.3. The molecule has 2 unspecified atom stereocenters. The first kappa shape index (κ1) is 66.2. The van der Waals surface area contributed by atoms with Gasteiger partial charge < -0.3 is 35.4 Å². The zero-order valence-electron chi connectivity index (χ0n) is 47.2. The Balaban J connectivity index is 0.000000290. The Morgan fingerprint density at radius 3 is 1.36 bits per heavy atom. The molecule has 8 rings (SSSR count). The van der Waals surface area contributed by atoms with Crippen molar-refractivity contribution in [3.8, 4) is 22.5 Å². The van der Waals surface area contributed by atoms with Gasteiger partial charge in [0, 0.05) is 57.1 Å². The second-order valence-electron chi connectivity index (χ2n) is 21.5. The fourth-order valence-corrected chi connectivity index (χ4v) is 11.3. The Kier molecular flexibility index (Phi) is 23.0. The fraction of sp³-hybridized carbons (Fsp3) is 0.356. The van der Waals surface area contributed by atoms with E-state index in [2.05, 4.69) is 38.3 Å². The number of benzene rings is 4. The van der Waals surface area contributed by atoms with Crippen molar-refractivity contribution >= 4 is 125 Å². The first-order valence-corrected chi connectivity index (χ1v) is 28.7. The zero-order valence-corrected chi connectivity index (χ0v) is 51.9. The number of carbonyl (C=O) groups excluding carboxylic acids is 3. The molecule has 0 bridgehead atoms. The van der Waals surface area contributed by atoms with Gasteiger partial charge in [-0.25, -0.2) is 19.6 Å². The maximum absolute atomic E-state index is 12.9. The standard InChI is InChI=1S/C30H33Cl2N3O4S.C29H31Cl2N3O4S.Li.H2O/c1-17(2)26-24(19-10-11-22(31)23(32)15-19)34-28(40-26)33-16-21(27(36)38-6)14-20-9-7-8-18-12-13-35(25(18)20)29(37)39-30(3,4)5;1-16(2)25-23(18-9-10-21(30)22(31)14-18)33-27(39-25)32-15-20(26(35)36)13-19-8-6-7-17-11-12-34(24(17)19)28(37)38-29(3,4)5;;/h7-13,15,17,21H,14,16H2,1-6H3,(H,33,34);6-12,14,16,20H,13,15H2,1-5H3,(H,32,33)(H,35,36);;1H2/q;;+1;/p-1. The third-order valence-electron chi connectivity index (χ3n) is 12.3. The first-order chi connectivity index (χ1) is 37.2. The molecular formula is C59H65Cl4LiN6O9S2. The molecule has 15 nitrogen and oxygen atoms in total. The number of anilines is 2. The van der Waals surface area contributed by atoms with Gasteiger partial charge in [0.25, 0.3) is 0 Å². The zero-order chi connectivity index (χ0) is 57.7. The van der Waals surface area contributed by atoms with Gasteiger partial charge in [0.15, 0.2) is 10.3 Å². The number of methoxy groups -OCH3 is 1. The van der Waals surface area contributed by atoms with Crippen LogP contribution in [-0.4, -0.2) is 85.2 Å². The Bertz CT molecular complexity index is 3530. The van der Waals surface area contributed by atoms with Crippen LogP contribution in [0.2, 0.25) is 20.1 Å². The number of nitrogens with one attached hydrogen (secondary N) is 2. The number of para-hydroxylation sites is 2. The van der Waals surface area contributed by atoms with Gasteiger partial charge in [-0.05, 0) is 114 Å². The van der Waals surface area contributed by atoms with E-state index in [4.69, 9.17) is 70.6 Å². The van der Waals surface area contributed by atoms with Crippen LogP contribution in [0.25, 0.3) is 44.3 Å². The van der Waals surface area contributed by atoms with Crippen LogP contribution in [0.15, 0.2) is 97.3 Å². The molecule has 0 fully saturated rings. The molecule has 22 heteroatoms. The molecule has 0 saturated carbocycles. The summed E-state index contributed by atoms with van der Waals surface area (Å²) in [4.78, 5) is 62.7.